The first-order valence-electron chi connectivity index (χ1n) is 9.76. The van der Waals surface area contributed by atoms with Crippen LogP contribution in [0.3, 0.4) is 0 Å². The van der Waals surface area contributed by atoms with Gasteiger partial charge in [0, 0.05) is 35.3 Å². The van der Waals surface area contributed by atoms with Gasteiger partial charge in [0.15, 0.2) is 15.5 Å². The summed E-state index contributed by atoms with van der Waals surface area (Å²) in [6.45, 7) is -3.41. The van der Waals surface area contributed by atoms with Crippen molar-refractivity contribution in [2.75, 3.05) is 36.0 Å². The average Bonchev–Trinajstić information content (AvgIpc) is 2.86. The van der Waals surface area contributed by atoms with E-state index >= 15 is 0 Å². The van der Waals surface area contributed by atoms with Crippen LogP contribution in [-0.2, 0) is 45.2 Å². The van der Waals surface area contributed by atoms with Gasteiger partial charge in [-0.05, 0) is 30.6 Å². The van der Waals surface area contributed by atoms with Crippen molar-refractivity contribution in [2.45, 2.75) is 35.3 Å². The molecule has 0 saturated carbocycles. The van der Waals surface area contributed by atoms with E-state index < -0.39 is 6.72 Å². The molecule has 17 heteroatoms. The number of nitrogens with two attached hydrogens (primary N) is 3. The highest BCUT2D eigenvalue weighted by molar-refractivity contribution is 8.07. The monoisotopic (exact) mass is 573 g/mol. The van der Waals surface area contributed by atoms with Crippen LogP contribution >= 0.6 is 42.0 Å². The molecule has 0 aliphatic carbocycles. The Morgan fingerprint density at radius 1 is 0.657 bits per heavy atom. The molecule has 0 aliphatic rings. The third-order valence-corrected chi connectivity index (χ3v) is 8.28. The molecule has 3 aromatic rings. The van der Waals surface area contributed by atoms with E-state index in [2.05, 4.69) is 29.9 Å². The lowest BCUT2D eigenvalue weighted by atomic mass is 10.3. The van der Waals surface area contributed by atoms with E-state index in [0.29, 0.717) is 32.2 Å². The van der Waals surface area contributed by atoms with E-state index in [0.717, 1.165) is 0 Å². The molecule has 0 aliphatic heterocycles. The molecule has 188 valence electrons. The van der Waals surface area contributed by atoms with Crippen LogP contribution in [0.1, 0.15) is 16.7 Å². The number of anilines is 3. The van der Waals surface area contributed by atoms with Crippen LogP contribution in [-0.4, -0.2) is 48.7 Å². The van der Waals surface area contributed by atoms with Crippen molar-refractivity contribution in [1.29, 1.82) is 0 Å². The molecule has 0 aromatic carbocycles. The maximum Gasteiger partial charge on any atom is 0.328 e. The summed E-state index contributed by atoms with van der Waals surface area (Å²) in [6, 6.07) is 0. The predicted molar refractivity (Wildman–Crippen MR) is 143 cm³/mol. The summed E-state index contributed by atoms with van der Waals surface area (Å²) in [4.78, 5) is 25.3. The van der Waals surface area contributed by atoms with Crippen LogP contribution in [0.5, 0.6) is 0 Å². The molecule has 35 heavy (non-hydrogen) atoms. The van der Waals surface area contributed by atoms with E-state index in [9.17, 15) is 0 Å². The number of nitrogen functional groups attached to an aromatic ring is 3. The summed E-state index contributed by atoms with van der Waals surface area (Å²) >= 11 is 9.80. The van der Waals surface area contributed by atoms with Gasteiger partial charge in [0.1, 0.15) is 17.5 Å². The Labute approximate surface area is 220 Å². The second-order valence-electron chi connectivity index (χ2n) is 6.57. The SMILES string of the molecule is CSc1ncc(COP(=S)(OCc2cnc(SC)nc2N)OCc2cnc(SC)nc2N)c(N)n1. The van der Waals surface area contributed by atoms with Gasteiger partial charge in [0.25, 0.3) is 0 Å². The Hall–Kier alpha value is -1.78. The fraction of sp³-hybridized carbons (Fsp3) is 0.333. The molecule has 0 atom stereocenters. The topological polar surface area (TPSA) is 183 Å². The molecule has 12 nitrogen and oxygen atoms in total. The minimum atomic E-state index is -3.35. The van der Waals surface area contributed by atoms with Crippen LogP contribution in [0.15, 0.2) is 34.1 Å². The number of thioether (sulfide) groups is 3. The highest BCUT2D eigenvalue weighted by Crippen LogP contribution is 2.52. The molecule has 6 N–H and O–H groups in total. The van der Waals surface area contributed by atoms with Crippen LogP contribution in [0.2, 0.25) is 0 Å². The molecule has 0 fully saturated rings. The van der Waals surface area contributed by atoms with Crippen molar-refractivity contribution in [3.63, 3.8) is 0 Å². The zero-order valence-electron chi connectivity index (χ0n) is 19.1. The number of hydrogen-bond acceptors (Lipinski definition) is 16. The van der Waals surface area contributed by atoms with Gasteiger partial charge in [-0.2, -0.15) is 0 Å². The summed E-state index contributed by atoms with van der Waals surface area (Å²) in [5.41, 5.74) is 19.7. The van der Waals surface area contributed by atoms with Crippen molar-refractivity contribution < 1.29 is 13.6 Å². The lowest BCUT2D eigenvalue weighted by molar-refractivity contribution is 0.140. The van der Waals surface area contributed by atoms with E-state index in [4.69, 9.17) is 42.6 Å². The van der Waals surface area contributed by atoms with Crippen molar-refractivity contribution in [1.82, 2.24) is 29.9 Å². The molecule has 0 spiro atoms. The maximum atomic E-state index is 6.03. The smallest absolute Gasteiger partial charge is 0.328 e. The largest absolute Gasteiger partial charge is 0.383 e. The number of nitrogens with zero attached hydrogens (tertiary/aromatic N) is 6. The van der Waals surface area contributed by atoms with Crippen molar-refractivity contribution in [3.05, 3.63) is 35.3 Å². The number of hydrogen-bond donors (Lipinski definition) is 3. The molecule has 0 unspecified atom stereocenters. The molecular formula is C18H24N9O3PS4. The molecule has 3 heterocycles. The van der Waals surface area contributed by atoms with Crippen LogP contribution in [0, 0.1) is 0 Å². The van der Waals surface area contributed by atoms with Gasteiger partial charge < -0.3 is 30.8 Å². The Balaban J connectivity index is 1.77. The van der Waals surface area contributed by atoms with Gasteiger partial charge in [-0.25, -0.2) is 29.9 Å². The Morgan fingerprint density at radius 2 is 0.943 bits per heavy atom. The third kappa shape index (κ3) is 7.85. The zero-order chi connectivity index (χ0) is 25.4. The molecule has 0 bridgehead atoms. The minimum absolute atomic E-state index is 0.0213. The third-order valence-electron chi connectivity index (χ3n) is 4.31. The first-order valence-corrected chi connectivity index (χ1v) is 16.0. The summed E-state index contributed by atoms with van der Waals surface area (Å²) in [5, 5.41) is 1.64. The van der Waals surface area contributed by atoms with E-state index in [1.807, 2.05) is 18.8 Å². The molecule has 0 saturated heterocycles. The van der Waals surface area contributed by atoms with Gasteiger partial charge in [0.05, 0.1) is 19.8 Å². The summed E-state index contributed by atoms with van der Waals surface area (Å²) in [5.74, 6) is 0.837. The van der Waals surface area contributed by atoms with E-state index in [1.54, 1.807) is 18.6 Å². The second-order valence-corrected chi connectivity index (χ2v) is 11.9. The summed E-state index contributed by atoms with van der Waals surface area (Å²) in [7, 11) is 0. The highest BCUT2D eigenvalue weighted by Gasteiger charge is 2.24. The highest BCUT2D eigenvalue weighted by atomic mass is 32.5. The lowest BCUT2D eigenvalue weighted by Gasteiger charge is -2.22. The van der Waals surface area contributed by atoms with Crippen LogP contribution < -0.4 is 17.2 Å². The number of aromatic nitrogens is 6. The van der Waals surface area contributed by atoms with Crippen molar-refractivity contribution in [2.24, 2.45) is 0 Å². The van der Waals surface area contributed by atoms with Gasteiger partial charge in [0.2, 0.25) is 0 Å². The van der Waals surface area contributed by atoms with E-state index in [-0.39, 0.29) is 37.3 Å². The molecule has 3 aromatic heterocycles. The Kier molecular flexibility index (Phi) is 10.3. The lowest BCUT2D eigenvalue weighted by Crippen LogP contribution is -2.08. The van der Waals surface area contributed by atoms with Gasteiger partial charge in [-0.1, -0.05) is 35.3 Å². The first-order chi connectivity index (χ1) is 16.8. The number of rotatable bonds is 12. The second kappa shape index (κ2) is 13.0. The maximum absolute atomic E-state index is 6.03. The quantitative estimate of drug-likeness (QED) is 0.163. The Bertz CT molecular complexity index is 1080. The van der Waals surface area contributed by atoms with Crippen LogP contribution in [0.4, 0.5) is 17.5 Å². The predicted octanol–water partition coefficient (Wildman–Crippen LogP) is 3.14. The summed E-state index contributed by atoms with van der Waals surface area (Å²) in [6.07, 6.45) is 10.3. The van der Waals surface area contributed by atoms with E-state index in [1.165, 1.54) is 35.3 Å². The molecular weight excluding hydrogens is 550 g/mol. The first kappa shape index (κ1) is 27.8. The fourth-order valence-electron chi connectivity index (χ4n) is 2.40. The standard InChI is InChI=1S/C18H24N9O3PS4/c1-33-16-22-4-10(13(19)25-16)7-28-31(32,29-8-11-5-23-17(34-2)26-14(11)20)30-9-12-6-24-18(35-3)27-15(12)21/h4-6H,7-9H2,1-3H3,(H2,19,22,25)(H2,20,23,26)(H2,21,24,27). The molecule has 3 rings (SSSR count). The van der Waals surface area contributed by atoms with Crippen molar-refractivity contribution >= 4 is 71.3 Å². The van der Waals surface area contributed by atoms with Gasteiger partial charge in [-0.15, -0.1) is 0 Å². The molecule has 0 radical (unpaired) electrons. The summed E-state index contributed by atoms with van der Waals surface area (Å²) < 4.78 is 17.8. The Morgan fingerprint density at radius 3 is 1.17 bits per heavy atom. The van der Waals surface area contributed by atoms with Crippen LogP contribution in [0.25, 0.3) is 0 Å². The molecule has 0 amide bonds. The zero-order valence-corrected chi connectivity index (χ0v) is 23.2. The fourth-order valence-corrected chi connectivity index (χ4v) is 5.03. The minimum Gasteiger partial charge on any atom is -0.383 e. The van der Waals surface area contributed by atoms with Crippen molar-refractivity contribution in [3.8, 4) is 0 Å². The average molecular weight is 574 g/mol. The normalized spacial score (nSPS) is 11.6. The van der Waals surface area contributed by atoms with Gasteiger partial charge in [-0.3, -0.25) is 0 Å². The van der Waals surface area contributed by atoms with Gasteiger partial charge >= 0.3 is 6.72 Å².